The summed E-state index contributed by atoms with van der Waals surface area (Å²) in [7, 11) is 0. The second-order valence-corrected chi connectivity index (χ2v) is 11.1. The lowest BCUT2D eigenvalue weighted by Crippen LogP contribution is -2.16. The van der Waals surface area contributed by atoms with E-state index < -0.39 is 0 Å². The molecule has 1 fully saturated rings. The van der Waals surface area contributed by atoms with Crippen LogP contribution in [-0.2, 0) is 35.3 Å². The summed E-state index contributed by atoms with van der Waals surface area (Å²) < 4.78 is 26.1. The summed E-state index contributed by atoms with van der Waals surface area (Å²) in [6.45, 7) is 0. The summed E-state index contributed by atoms with van der Waals surface area (Å²) in [5.41, 5.74) is 5.12. The molecule has 0 N–H and O–H groups in total. The van der Waals surface area contributed by atoms with E-state index in [2.05, 4.69) is 20.4 Å². The molecule has 0 amide bonds. The molecule has 42 heavy (non-hydrogen) atoms. The number of aromatic nitrogens is 4. The van der Waals surface area contributed by atoms with Crippen LogP contribution < -0.4 is 0 Å². The first-order valence-electron chi connectivity index (χ1n) is 14.6. The average Bonchev–Trinajstić information content (AvgIpc) is 3.02. The molecule has 4 aromatic rings. The van der Waals surface area contributed by atoms with Gasteiger partial charge in [0.15, 0.2) is 0 Å². The highest BCUT2D eigenvalue weighted by Crippen LogP contribution is 2.39. The van der Waals surface area contributed by atoms with Crippen LogP contribution in [0.3, 0.4) is 0 Å². The van der Waals surface area contributed by atoms with E-state index in [-0.39, 0.29) is 47.9 Å². The monoisotopic (exact) mass is 568 g/mol. The number of carbonyl (C=O) groups excluding carboxylic acids is 2. The van der Waals surface area contributed by atoms with Crippen LogP contribution in [0.1, 0.15) is 84.3 Å². The van der Waals surface area contributed by atoms with Crippen LogP contribution in [0.15, 0.2) is 72.8 Å². The maximum absolute atomic E-state index is 13.1. The number of hydrogen-bond acceptors (Lipinski definition) is 6. The van der Waals surface area contributed by atoms with E-state index in [1.165, 1.54) is 24.3 Å². The third-order valence-electron chi connectivity index (χ3n) is 7.94. The Hall–Kier alpha value is -4.20. The predicted octanol–water partition coefficient (Wildman–Crippen LogP) is 6.48. The minimum atomic E-state index is -0.307. The van der Waals surface area contributed by atoms with Gasteiger partial charge in [0, 0.05) is 37.5 Å². The summed E-state index contributed by atoms with van der Waals surface area (Å²) >= 11 is 0. The summed E-state index contributed by atoms with van der Waals surface area (Å²) in [4.78, 5) is 24.7. The number of rotatable bonds is 12. The van der Waals surface area contributed by atoms with Gasteiger partial charge in [-0.25, -0.2) is 8.78 Å². The molecule has 216 valence electrons. The normalized spacial score (nSPS) is 16.7. The SMILES string of the molecule is O=C(CCc1ccc(C2CCCC(c3ccc(CCC(=O)Cc4ccc(F)cc4)nn3)C2)nn1)Cc1ccc(F)cc1. The highest BCUT2D eigenvalue weighted by Gasteiger charge is 2.26. The molecule has 2 aromatic heterocycles. The van der Waals surface area contributed by atoms with Crippen molar-refractivity contribution in [3.05, 3.63) is 118 Å². The summed E-state index contributed by atoms with van der Waals surface area (Å²) in [5, 5.41) is 17.8. The van der Waals surface area contributed by atoms with E-state index in [9.17, 15) is 18.4 Å². The van der Waals surface area contributed by atoms with Crippen molar-refractivity contribution < 1.29 is 18.4 Å². The molecule has 1 aliphatic carbocycles. The lowest BCUT2D eigenvalue weighted by atomic mass is 9.78. The number of ketones is 2. The van der Waals surface area contributed by atoms with E-state index in [0.717, 1.165) is 59.6 Å². The van der Waals surface area contributed by atoms with Crippen molar-refractivity contribution in [2.24, 2.45) is 0 Å². The van der Waals surface area contributed by atoms with Crippen LogP contribution >= 0.6 is 0 Å². The van der Waals surface area contributed by atoms with Crippen LogP contribution in [0.25, 0.3) is 0 Å². The lowest BCUT2D eigenvalue weighted by molar-refractivity contribution is -0.119. The zero-order chi connectivity index (χ0) is 29.3. The van der Waals surface area contributed by atoms with Crippen LogP contribution in [0, 0.1) is 11.6 Å². The Balaban J connectivity index is 1.08. The number of halogens is 2. The first-order chi connectivity index (χ1) is 20.4. The maximum atomic E-state index is 13.1. The standard InChI is InChI=1S/C34H34F2N4O2/c35-27-8-4-23(5-9-27)20-31(41)16-12-29-14-18-33(39-37-29)25-2-1-3-26(22-25)34-19-15-30(38-40-34)13-17-32(42)21-24-6-10-28(36)11-7-24/h4-11,14-15,18-19,25-26H,1-3,12-13,16-17,20-22H2. The van der Waals surface area contributed by atoms with Gasteiger partial charge in [-0.15, -0.1) is 0 Å². The van der Waals surface area contributed by atoms with E-state index >= 15 is 0 Å². The Bertz CT molecular complexity index is 1360. The molecule has 2 atom stereocenters. The fourth-order valence-corrected chi connectivity index (χ4v) is 5.54. The number of nitrogens with zero attached hydrogens (tertiary/aromatic N) is 4. The number of hydrogen-bond donors (Lipinski definition) is 0. The third-order valence-corrected chi connectivity index (χ3v) is 7.94. The minimum absolute atomic E-state index is 0.0892. The highest BCUT2D eigenvalue weighted by atomic mass is 19.1. The molecule has 5 rings (SSSR count). The van der Waals surface area contributed by atoms with Gasteiger partial charge in [0.25, 0.3) is 0 Å². The zero-order valence-electron chi connectivity index (χ0n) is 23.5. The smallest absolute Gasteiger partial charge is 0.137 e. The summed E-state index contributed by atoms with van der Waals surface area (Å²) in [6, 6.07) is 20.0. The van der Waals surface area contributed by atoms with Crippen LogP contribution in [0.5, 0.6) is 0 Å². The molecule has 1 aliphatic rings. The van der Waals surface area contributed by atoms with Crippen LogP contribution in [0.2, 0.25) is 0 Å². The summed E-state index contributed by atoms with van der Waals surface area (Å²) in [6.07, 6.45) is 6.45. The van der Waals surface area contributed by atoms with Crippen LogP contribution in [-0.4, -0.2) is 32.0 Å². The summed E-state index contributed by atoms with van der Waals surface area (Å²) in [5.74, 6) is 0.139. The molecule has 2 aromatic carbocycles. The maximum Gasteiger partial charge on any atom is 0.137 e. The molecule has 0 spiro atoms. The van der Waals surface area contributed by atoms with Gasteiger partial charge in [-0.2, -0.15) is 20.4 Å². The number of Topliss-reactive ketones (excluding diaryl/α,β-unsaturated/α-hetero) is 2. The number of aryl methyl sites for hydroxylation is 2. The zero-order valence-corrected chi connectivity index (χ0v) is 23.5. The van der Waals surface area contributed by atoms with Gasteiger partial charge < -0.3 is 0 Å². The number of benzene rings is 2. The second kappa shape index (κ2) is 14.1. The topological polar surface area (TPSA) is 85.7 Å². The van der Waals surface area contributed by atoms with Crippen molar-refractivity contribution in [1.29, 1.82) is 0 Å². The average molecular weight is 569 g/mol. The molecule has 6 nitrogen and oxygen atoms in total. The largest absolute Gasteiger partial charge is 0.299 e. The van der Waals surface area contributed by atoms with E-state index in [1.807, 2.05) is 24.3 Å². The fourth-order valence-electron chi connectivity index (χ4n) is 5.54. The lowest BCUT2D eigenvalue weighted by Gasteiger charge is -2.28. The Morgan fingerprint density at radius 1 is 0.595 bits per heavy atom. The van der Waals surface area contributed by atoms with E-state index in [0.29, 0.717) is 25.7 Å². The number of carbonyl (C=O) groups is 2. The Morgan fingerprint density at radius 3 is 1.40 bits per heavy atom. The van der Waals surface area contributed by atoms with Gasteiger partial charge in [-0.3, -0.25) is 9.59 Å². The molecule has 0 aliphatic heterocycles. The Kier molecular flexibility index (Phi) is 9.85. The van der Waals surface area contributed by atoms with Crippen molar-refractivity contribution >= 4 is 11.6 Å². The van der Waals surface area contributed by atoms with Crippen molar-refractivity contribution in [3.63, 3.8) is 0 Å². The highest BCUT2D eigenvalue weighted by molar-refractivity contribution is 5.81. The van der Waals surface area contributed by atoms with Gasteiger partial charge in [0.05, 0.1) is 22.8 Å². The molecule has 1 saturated carbocycles. The quantitative estimate of drug-likeness (QED) is 0.195. The van der Waals surface area contributed by atoms with Crippen molar-refractivity contribution in [1.82, 2.24) is 20.4 Å². The predicted molar refractivity (Wildman–Crippen MR) is 155 cm³/mol. The van der Waals surface area contributed by atoms with Crippen molar-refractivity contribution in [2.45, 2.75) is 76.0 Å². The van der Waals surface area contributed by atoms with Gasteiger partial charge in [-0.1, -0.05) is 30.7 Å². The minimum Gasteiger partial charge on any atom is -0.299 e. The Morgan fingerprint density at radius 2 is 1.02 bits per heavy atom. The Labute approximate surface area is 244 Å². The van der Waals surface area contributed by atoms with E-state index in [4.69, 9.17) is 0 Å². The molecule has 8 heteroatoms. The molecule has 2 heterocycles. The fraction of sp³-hybridized carbons (Fsp3) is 0.353. The van der Waals surface area contributed by atoms with E-state index in [1.54, 1.807) is 24.3 Å². The van der Waals surface area contributed by atoms with Gasteiger partial charge in [0.2, 0.25) is 0 Å². The molecule has 0 bridgehead atoms. The third kappa shape index (κ3) is 8.41. The molecule has 0 radical (unpaired) electrons. The first kappa shape index (κ1) is 29.3. The molecular formula is C34H34F2N4O2. The second-order valence-electron chi connectivity index (χ2n) is 11.1. The van der Waals surface area contributed by atoms with Gasteiger partial charge >= 0.3 is 0 Å². The van der Waals surface area contributed by atoms with Crippen molar-refractivity contribution in [2.75, 3.05) is 0 Å². The molecular weight excluding hydrogens is 534 g/mol. The van der Waals surface area contributed by atoms with Gasteiger partial charge in [-0.05, 0) is 91.8 Å². The van der Waals surface area contributed by atoms with Crippen molar-refractivity contribution in [3.8, 4) is 0 Å². The molecule has 0 saturated heterocycles. The molecule has 2 unspecified atom stereocenters. The van der Waals surface area contributed by atoms with Gasteiger partial charge in [0.1, 0.15) is 23.2 Å². The first-order valence-corrected chi connectivity index (χ1v) is 14.6. The van der Waals surface area contributed by atoms with Crippen LogP contribution in [0.4, 0.5) is 8.78 Å².